The van der Waals surface area contributed by atoms with Crippen LogP contribution in [-0.2, 0) is 10.0 Å². The van der Waals surface area contributed by atoms with E-state index >= 15 is 0 Å². The quantitative estimate of drug-likeness (QED) is 0.928. The van der Waals surface area contributed by atoms with Crippen molar-refractivity contribution in [1.29, 1.82) is 0 Å². The second kappa shape index (κ2) is 4.87. The summed E-state index contributed by atoms with van der Waals surface area (Å²) in [7, 11) is -3.54. The van der Waals surface area contributed by atoms with Crippen molar-refractivity contribution in [3.8, 4) is 0 Å². The zero-order valence-electron chi connectivity index (χ0n) is 11.0. The highest BCUT2D eigenvalue weighted by Gasteiger charge is 2.32. The van der Waals surface area contributed by atoms with Crippen molar-refractivity contribution >= 4 is 27.0 Å². The second-order valence-electron chi connectivity index (χ2n) is 4.81. The number of fused-ring (bicyclic) bond motifs is 1. The van der Waals surface area contributed by atoms with Crippen LogP contribution in [0, 0.1) is 6.92 Å². The fraction of sp³-hybridized carbons (Fsp3) is 0.286. The second-order valence-corrected chi connectivity index (χ2v) is 8.18. The van der Waals surface area contributed by atoms with E-state index in [0.717, 1.165) is 4.88 Å². The van der Waals surface area contributed by atoms with Gasteiger partial charge in [0.15, 0.2) is 0 Å². The number of benzene rings is 1. The molecule has 2 heterocycles. The van der Waals surface area contributed by atoms with Gasteiger partial charge in [0.1, 0.15) is 4.21 Å². The number of para-hydroxylation sites is 1. The van der Waals surface area contributed by atoms with Crippen LogP contribution in [0.25, 0.3) is 0 Å². The van der Waals surface area contributed by atoms with Gasteiger partial charge in [-0.15, -0.1) is 11.3 Å². The molecular formula is C14H15NO3S2. The first-order valence-corrected chi connectivity index (χ1v) is 8.62. The van der Waals surface area contributed by atoms with Gasteiger partial charge in [0.25, 0.3) is 10.0 Å². The molecule has 1 atom stereocenters. The van der Waals surface area contributed by atoms with Crippen LogP contribution in [0.3, 0.4) is 0 Å². The van der Waals surface area contributed by atoms with Crippen LogP contribution in [0.5, 0.6) is 0 Å². The molecule has 4 nitrogen and oxygen atoms in total. The van der Waals surface area contributed by atoms with Crippen molar-refractivity contribution in [2.75, 3.05) is 10.8 Å². The fourth-order valence-corrected chi connectivity index (χ4v) is 5.32. The third-order valence-corrected chi connectivity index (χ3v) is 6.71. The van der Waals surface area contributed by atoms with Crippen LogP contribution >= 0.6 is 11.3 Å². The number of nitrogens with zero attached hydrogens (tertiary/aromatic N) is 1. The first-order valence-electron chi connectivity index (χ1n) is 6.36. The van der Waals surface area contributed by atoms with Crippen LogP contribution in [0.2, 0.25) is 0 Å². The Balaban J connectivity index is 2.10. The summed E-state index contributed by atoms with van der Waals surface area (Å²) in [5, 5.41) is 10.0. The number of aliphatic hydroxyl groups excluding tert-OH is 1. The van der Waals surface area contributed by atoms with Crippen molar-refractivity contribution in [3.63, 3.8) is 0 Å². The number of hydrogen-bond donors (Lipinski definition) is 1. The van der Waals surface area contributed by atoms with Gasteiger partial charge in [-0.25, -0.2) is 8.42 Å². The van der Waals surface area contributed by atoms with Crippen LogP contribution in [-0.4, -0.2) is 20.1 Å². The van der Waals surface area contributed by atoms with Gasteiger partial charge in [-0.2, -0.15) is 0 Å². The van der Waals surface area contributed by atoms with Crippen LogP contribution in [0.1, 0.15) is 23.0 Å². The maximum Gasteiger partial charge on any atom is 0.273 e. The van der Waals surface area contributed by atoms with Crippen LogP contribution in [0.4, 0.5) is 5.69 Å². The van der Waals surface area contributed by atoms with E-state index < -0.39 is 16.1 Å². The van der Waals surface area contributed by atoms with E-state index in [1.807, 2.05) is 19.1 Å². The molecule has 20 heavy (non-hydrogen) atoms. The first-order chi connectivity index (χ1) is 9.50. The zero-order chi connectivity index (χ0) is 14.3. The molecule has 1 aliphatic rings. The van der Waals surface area contributed by atoms with Gasteiger partial charge in [0.05, 0.1) is 11.8 Å². The number of rotatable bonds is 2. The largest absolute Gasteiger partial charge is 0.388 e. The summed E-state index contributed by atoms with van der Waals surface area (Å²) < 4.78 is 27.2. The van der Waals surface area contributed by atoms with E-state index in [2.05, 4.69) is 0 Å². The molecule has 1 aliphatic heterocycles. The maximum absolute atomic E-state index is 12.7. The van der Waals surface area contributed by atoms with Crippen molar-refractivity contribution < 1.29 is 13.5 Å². The maximum atomic E-state index is 12.7. The van der Waals surface area contributed by atoms with Crippen molar-refractivity contribution in [1.82, 2.24) is 0 Å². The Bertz CT molecular complexity index is 736. The molecule has 0 bridgehead atoms. The molecule has 0 amide bonds. The minimum absolute atomic E-state index is 0.303. The molecule has 1 N–H and O–H groups in total. The molecule has 106 valence electrons. The van der Waals surface area contributed by atoms with Gasteiger partial charge in [-0.05, 0) is 31.5 Å². The molecule has 1 aromatic carbocycles. The summed E-state index contributed by atoms with van der Waals surface area (Å²) in [6.07, 6.45) is -0.177. The first kappa shape index (κ1) is 13.6. The molecule has 0 radical (unpaired) electrons. The van der Waals surface area contributed by atoms with Crippen LogP contribution in [0.15, 0.2) is 40.6 Å². The molecule has 0 aliphatic carbocycles. The predicted octanol–water partition coefficient (Wildman–Crippen LogP) is 2.69. The number of aryl methyl sites for hydroxylation is 1. The molecule has 0 spiro atoms. The molecule has 1 unspecified atom stereocenters. The highest BCUT2D eigenvalue weighted by atomic mass is 32.2. The normalized spacial score (nSPS) is 18.9. The molecule has 6 heteroatoms. The molecular weight excluding hydrogens is 294 g/mol. The predicted molar refractivity (Wildman–Crippen MR) is 79.6 cm³/mol. The minimum atomic E-state index is -3.54. The summed E-state index contributed by atoms with van der Waals surface area (Å²) in [5.74, 6) is 0. The number of anilines is 1. The molecule has 2 aromatic rings. The summed E-state index contributed by atoms with van der Waals surface area (Å²) in [6, 6.07) is 10.6. The SMILES string of the molecule is Cc1ccc(S(=O)(=O)N2CCC(O)c3ccccc32)s1. The molecule has 3 rings (SSSR count). The van der Waals surface area contributed by atoms with E-state index in [0.29, 0.717) is 28.4 Å². The van der Waals surface area contributed by atoms with E-state index in [4.69, 9.17) is 0 Å². The third kappa shape index (κ3) is 2.13. The van der Waals surface area contributed by atoms with E-state index in [1.165, 1.54) is 15.6 Å². The molecule has 1 aromatic heterocycles. The number of sulfonamides is 1. The summed E-state index contributed by atoms with van der Waals surface area (Å²) in [6.45, 7) is 2.19. The van der Waals surface area contributed by atoms with Gasteiger partial charge < -0.3 is 5.11 Å². The number of hydrogen-bond acceptors (Lipinski definition) is 4. The van der Waals surface area contributed by atoms with Crippen molar-refractivity contribution in [2.45, 2.75) is 23.7 Å². The van der Waals surface area contributed by atoms with E-state index in [1.54, 1.807) is 24.3 Å². The molecule has 0 saturated heterocycles. The average Bonchev–Trinajstić information content (AvgIpc) is 2.87. The monoisotopic (exact) mass is 309 g/mol. The summed E-state index contributed by atoms with van der Waals surface area (Å²) in [5.41, 5.74) is 1.26. The molecule has 0 saturated carbocycles. The Morgan fingerprint density at radius 3 is 2.70 bits per heavy atom. The highest BCUT2D eigenvalue weighted by molar-refractivity contribution is 7.94. The van der Waals surface area contributed by atoms with E-state index in [-0.39, 0.29) is 0 Å². The van der Waals surface area contributed by atoms with Crippen molar-refractivity contribution in [3.05, 3.63) is 46.8 Å². The van der Waals surface area contributed by atoms with Gasteiger partial charge >= 0.3 is 0 Å². The lowest BCUT2D eigenvalue weighted by Gasteiger charge is -2.32. The zero-order valence-corrected chi connectivity index (χ0v) is 12.6. The van der Waals surface area contributed by atoms with Gasteiger partial charge in [-0.1, -0.05) is 18.2 Å². The third-order valence-electron chi connectivity index (χ3n) is 3.43. The van der Waals surface area contributed by atoms with E-state index in [9.17, 15) is 13.5 Å². The highest BCUT2D eigenvalue weighted by Crippen LogP contribution is 2.37. The minimum Gasteiger partial charge on any atom is -0.388 e. The Morgan fingerprint density at radius 1 is 1.25 bits per heavy atom. The Labute approximate surface area is 122 Å². The molecule has 0 fully saturated rings. The van der Waals surface area contributed by atoms with Gasteiger partial charge in [0.2, 0.25) is 0 Å². The topological polar surface area (TPSA) is 57.6 Å². The average molecular weight is 309 g/mol. The fourth-order valence-electron chi connectivity index (χ4n) is 2.42. The lowest BCUT2D eigenvalue weighted by atomic mass is 10.0. The Morgan fingerprint density at radius 2 is 2.00 bits per heavy atom. The Kier molecular flexibility index (Phi) is 3.32. The lowest BCUT2D eigenvalue weighted by Crippen LogP contribution is -2.36. The lowest BCUT2D eigenvalue weighted by molar-refractivity contribution is 0.166. The summed E-state index contributed by atoms with van der Waals surface area (Å²) in [4.78, 5) is 0.967. The van der Waals surface area contributed by atoms with Crippen LogP contribution < -0.4 is 4.31 Å². The summed E-state index contributed by atoms with van der Waals surface area (Å²) >= 11 is 1.27. The standard InChI is InChI=1S/C14H15NO3S2/c1-10-6-7-14(19-10)20(17,18)15-9-8-13(16)11-4-2-3-5-12(11)15/h2-7,13,16H,8-9H2,1H3. The van der Waals surface area contributed by atoms with Gasteiger partial charge in [0, 0.05) is 17.0 Å². The number of thiophene rings is 1. The number of aliphatic hydroxyl groups is 1. The Hall–Kier alpha value is -1.37. The van der Waals surface area contributed by atoms with Crippen molar-refractivity contribution in [2.24, 2.45) is 0 Å². The smallest absolute Gasteiger partial charge is 0.273 e. The van der Waals surface area contributed by atoms with Gasteiger partial charge in [-0.3, -0.25) is 4.31 Å².